The molecule has 1 fully saturated rings. The number of unbranched alkanes of at least 4 members (excludes halogenated alkanes) is 3. The first kappa shape index (κ1) is 18.2. The van der Waals surface area contributed by atoms with Crippen molar-refractivity contribution in [2.75, 3.05) is 13.1 Å². The lowest BCUT2D eigenvalue weighted by Gasteiger charge is -2.33. The van der Waals surface area contributed by atoms with Crippen LogP contribution in [0.25, 0.3) is 0 Å². The van der Waals surface area contributed by atoms with E-state index >= 15 is 0 Å². The largest absolute Gasteiger partial charge is 0.368 e. The molecule has 1 rings (SSSR count). The molecule has 1 unspecified atom stereocenters. The van der Waals surface area contributed by atoms with Crippen molar-refractivity contribution in [2.45, 2.75) is 57.4 Å². The SMILES string of the molecule is Cl.NCCCCCCC(=O)N1CCCCC1C(N)=O. The molecule has 0 aromatic carbocycles. The minimum absolute atomic E-state index is 0. The van der Waals surface area contributed by atoms with Crippen LogP contribution < -0.4 is 11.5 Å². The Labute approximate surface area is 121 Å². The molecule has 1 heterocycles. The summed E-state index contributed by atoms with van der Waals surface area (Å²) in [6, 6.07) is -0.379. The number of carbonyl (C=O) groups excluding carboxylic acids is 2. The van der Waals surface area contributed by atoms with E-state index in [1.807, 2.05) is 0 Å². The number of carbonyl (C=O) groups is 2. The van der Waals surface area contributed by atoms with E-state index < -0.39 is 0 Å². The molecule has 112 valence electrons. The molecule has 5 nitrogen and oxygen atoms in total. The summed E-state index contributed by atoms with van der Waals surface area (Å²) in [5, 5.41) is 0. The van der Waals surface area contributed by atoms with Crippen molar-refractivity contribution in [1.82, 2.24) is 4.90 Å². The van der Waals surface area contributed by atoms with Crippen LogP contribution in [0.15, 0.2) is 0 Å². The number of amides is 2. The first-order valence-electron chi connectivity index (χ1n) is 6.95. The Kier molecular flexibility index (Phi) is 9.61. The van der Waals surface area contributed by atoms with Gasteiger partial charge >= 0.3 is 0 Å². The van der Waals surface area contributed by atoms with Crippen LogP contribution in [-0.2, 0) is 9.59 Å². The number of halogens is 1. The number of primary amides is 1. The fourth-order valence-electron chi connectivity index (χ4n) is 2.44. The van der Waals surface area contributed by atoms with E-state index in [1.54, 1.807) is 4.90 Å². The van der Waals surface area contributed by atoms with E-state index in [1.165, 1.54) is 0 Å². The lowest BCUT2D eigenvalue weighted by molar-refractivity contribution is -0.141. The maximum Gasteiger partial charge on any atom is 0.240 e. The first-order valence-corrected chi connectivity index (χ1v) is 6.95. The van der Waals surface area contributed by atoms with Crippen LogP contribution >= 0.6 is 12.4 Å². The van der Waals surface area contributed by atoms with Crippen LogP contribution in [0.2, 0.25) is 0 Å². The third-order valence-electron chi connectivity index (χ3n) is 3.50. The van der Waals surface area contributed by atoms with Crippen LogP contribution in [0.1, 0.15) is 51.4 Å². The Morgan fingerprint density at radius 3 is 2.42 bits per heavy atom. The highest BCUT2D eigenvalue weighted by atomic mass is 35.5. The second kappa shape index (κ2) is 10.0. The summed E-state index contributed by atoms with van der Waals surface area (Å²) in [7, 11) is 0. The average Bonchev–Trinajstić information content (AvgIpc) is 2.38. The molecule has 0 aliphatic carbocycles. The molecule has 1 aliphatic heterocycles. The summed E-state index contributed by atoms with van der Waals surface area (Å²) >= 11 is 0. The molecular formula is C13H26ClN3O2. The molecule has 0 bridgehead atoms. The summed E-state index contributed by atoms with van der Waals surface area (Å²) < 4.78 is 0. The predicted molar refractivity (Wildman–Crippen MR) is 77.9 cm³/mol. The van der Waals surface area contributed by atoms with E-state index in [2.05, 4.69) is 0 Å². The normalized spacial score (nSPS) is 18.8. The summed E-state index contributed by atoms with van der Waals surface area (Å²) in [6.07, 6.45) is 7.18. The van der Waals surface area contributed by atoms with Crippen LogP contribution in [0, 0.1) is 0 Å². The average molecular weight is 292 g/mol. The molecule has 0 aromatic heterocycles. The number of hydrogen-bond acceptors (Lipinski definition) is 3. The van der Waals surface area contributed by atoms with Gasteiger partial charge in [-0.25, -0.2) is 0 Å². The van der Waals surface area contributed by atoms with Crippen molar-refractivity contribution in [2.24, 2.45) is 11.5 Å². The van der Waals surface area contributed by atoms with Gasteiger partial charge in [0.05, 0.1) is 0 Å². The predicted octanol–water partition coefficient (Wildman–Crippen LogP) is 1.18. The van der Waals surface area contributed by atoms with Gasteiger partial charge in [0.2, 0.25) is 11.8 Å². The van der Waals surface area contributed by atoms with E-state index in [-0.39, 0.29) is 30.3 Å². The van der Waals surface area contributed by atoms with Gasteiger partial charge in [0.25, 0.3) is 0 Å². The molecule has 4 N–H and O–H groups in total. The zero-order valence-corrected chi connectivity index (χ0v) is 12.3. The maximum atomic E-state index is 12.0. The minimum Gasteiger partial charge on any atom is -0.368 e. The number of rotatable bonds is 7. The molecule has 1 aliphatic rings. The number of nitrogens with zero attached hydrogens (tertiary/aromatic N) is 1. The molecule has 0 radical (unpaired) electrons. The summed E-state index contributed by atoms with van der Waals surface area (Å²) in [5.41, 5.74) is 10.8. The summed E-state index contributed by atoms with van der Waals surface area (Å²) in [4.78, 5) is 25.0. The standard InChI is InChI=1S/C13H25N3O2.ClH/c14-9-5-2-1-3-8-12(17)16-10-6-4-7-11(16)13(15)18;/h11H,1-10,14H2,(H2,15,18);1H. The van der Waals surface area contributed by atoms with E-state index in [0.717, 1.165) is 38.5 Å². The zero-order chi connectivity index (χ0) is 13.4. The molecule has 1 atom stereocenters. The maximum absolute atomic E-state index is 12.0. The number of piperidine rings is 1. The second-order valence-electron chi connectivity index (χ2n) is 4.95. The number of hydrogen-bond donors (Lipinski definition) is 2. The topological polar surface area (TPSA) is 89.4 Å². The van der Waals surface area contributed by atoms with Crippen molar-refractivity contribution >= 4 is 24.2 Å². The highest BCUT2D eigenvalue weighted by Gasteiger charge is 2.29. The molecule has 1 saturated heterocycles. The Morgan fingerprint density at radius 1 is 1.11 bits per heavy atom. The monoisotopic (exact) mass is 291 g/mol. The molecule has 0 aromatic rings. The fraction of sp³-hybridized carbons (Fsp3) is 0.846. The van der Waals surface area contributed by atoms with E-state index in [9.17, 15) is 9.59 Å². The smallest absolute Gasteiger partial charge is 0.240 e. The minimum atomic E-state index is -0.379. The van der Waals surface area contributed by atoms with Gasteiger partial charge in [-0.1, -0.05) is 12.8 Å². The van der Waals surface area contributed by atoms with Gasteiger partial charge in [0.1, 0.15) is 6.04 Å². The number of likely N-dealkylation sites (tertiary alicyclic amines) is 1. The van der Waals surface area contributed by atoms with Gasteiger partial charge in [-0.3, -0.25) is 9.59 Å². The van der Waals surface area contributed by atoms with Gasteiger partial charge in [-0.15, -0.1) is 12.4 Å². The van der Waals surface area contributed by atoms with E-state index in [4.69, 9.17) is 11.5 Å². The lowest BCUT2D eigenvalue weighted by Crippen LogP contribution is -2.50. The quantitative estimate of drug-likeness (QED) is 0.690. The van der Waals surface area contributed by atoms with Crippen LogP contribution in [0.4, 0.5) is 0 Å². The van der Waals surface area contributed by atoms with Crippen molar-refractivity contribution < 1.29 is 9.59 Å². The Bertz CT molecular complexity index is 287. The van der Waals surface area contributed by atoms with Gasteiger partial charge < -0.3 is 16.4 Å². The highest BCUT2D eigenvalue weighted by molar-refractivity contribution is 5.86. The van der Waals surface area contributed by atoms with Gasteiger partial charge in [-0.2, -0.15) is 0 Å². The van der Waals surface area contributed by atoms with Gasteiger partial charge in [0.15, 0.2) is 0 Å². The fourth-order valence-corrected chi connectivity index (χ4v) is 2.44. The third-order valence-corrected chi connectivity index (χ3v) is 3.50. The molecule has 0 saturated carbocycles. The number of nitrogens with two attached hydrogens (primary N) is 2. The van der Waals surface area contributed by atoms with Crippen LogP contribution in [0.3, 0.4) is 0 Å². The molecule has 19 heavy (non-hydrogen) atoms. The third kappa shape index (κ3) is 6.25. The van der Waals surface area contributed by atoms with Crippen molar-refractivity contribution in [1.29, 1.82) is 0 Å². The lowest BCUT2D eigenvalue weighted by atomic mass is 10.0. The van der Waals surface area contributed by atoms with Gasteiger partial charge in [-0.05, 0) is 38.6 Å². The Hall–Kier alpha value is -0.810. The molecule has 2 amide bonds. The zero-order valence-electron chi connectivity index (χ0n) is 11.5. The molecule has 6 heteroatoms. The summed E-state index contributed by atoms with van der Waals surface area (Å²) in [6.45, 7) is 1.39. The Balaban J connectivity index is 0.00000324. The Morgan fingerprint density at radius 2 is 1.79 bits per heavy atom. The van der Waals surface area contributed by atoms with Crippen LogP contribution in [-0.4, -0.2) is 35.8 Å². The van der Waals surface area contributed by atoms with Crippen molar-refractivity contribution in [3.63, 3.8) is 0 Å². The molecular weight excluding hydrogens is 266 g/mol. The highest BCUT2D eigenvalue weighted by Crippen LogP contribution is 2.18. The van der Waals surface area contributed by atoms with Crippen LogP contribution in [0.5, 0.6) is 0 Å². The van der Waals surface area contributed by atoms with E-state index in [0.29, 0.717) is 25.9 Å². The van der Waals surface area contributed by atoms with Crippen molar-refractivity contribution in [3.05, 3.63) is 0 Å². The first-order chi connectivity index (χ1) is 8.66. The van der Waals surface area contributed by atoms with Gasteiger partial charge in [0, 0.05) is 13.0 Å². The molecule has 0 spiro atoms. The van der Waals surface area contributed by atoms with Crippen molar-refractivity contribution in [3.8, 4) is 0 Å². The summed E-state index contributed by atoms with van der Waals surface area (Å²) in [5.74, 6) is -0.294. The second-order valence-corrected chi connectivity index (χ2v) is 4.95.